The molecule has 12 nitrogen and oxygen atoms in total. The van der Waals surface area contributed by atoms with E-state index in [4.69, 9.17) is 45.4 Å². The lowest BCUT2D eigenvalue weighted by molar-refractivity contribution is -0.370. The average molecular weight is 673 g/mol. The lowest BCUT2D eigenvalue weighted by atomic mass is 9.44. The Balaban J connectivity index is 1.69. The van der Waals surface area contributed by atoms with Crippen LogP contribution in [0.25, 0.3) is 0 Å². The minimum absolute atomic E-state index is 0.0788. The zero-order valence-electron chi connectivity index (χ0n) is 27.4. The second-order valence-electron chi connectivity index (χ2n) is 14.0. The highest BCUT2D eigenvalue weighted by Gasteiger charge is 2.80. The van der Waals surface area contributed by atoms with Crippen molar-refractivity contribution in [2.24, 2.45) is 16.7 Å². The second-order valence-corrected chi connectivity index (χ2v) is 14.3. The lowest BCUT2D eigenvalue weighted by Gasteiger charge is -2.70. The first-order valence-corrected chi connectivity index (χ1v) is 16.1. The number of carbonyl (C=O) groups is 4. The van der Waals surface area contributed by atoms with Crippen LogP contribution >= 0.6 is 12.2 Å². The lowest BCUT2D eigenvalue weighted by Crippen LogP contribution is -2.83. The number of hydrogen-bond acceptors (Lipinski definition) is 13. The molecule has 2 bridgehead atoms. The van der Waals surface area contributed by atoms with Gasteiger partial charge in [0, 0.05) is 51.2 Å². The number of benzene rings is 1. The number of carbonyl (C=O) groups excluding carboxylic acids is 4. The fraction of sp³-hybridized carbons (Fsp3) is 0.618. The molecule has 0 amide bonds. The van der Waals surface area contributed by atoms with Crippen LogP contribution < -0.4 is 0 Å². The molecule has 6 rings (SSSR count). The van der Waals surface area contributed by atoms with Gasteiger partial charge in [-0.2, -0.15) is 0 Å². The molecule has 0 unspecified atom stereocenters. The Morgan fingerprint density at radius 2 is 1.57 bits per heavy atom. The van der Waals surface area contributed by atoms with Crippen molar-refractivity contribution in [3.8, 4) is 0 Å². The molecule has 2 saturated heterocycles. The highest BCUT2D eigenvalue weighted by molar-refractivity contribution is 7.79. The Morgan fingerprint density at radius 1 is 0.915 bits per heavy atom. The van der Waals surface area contributed by atoms with Crippen LogP contribution in [0.3, 0.4) is 0 Å². The van der Waals surface area contributed by atoms with Crippen LogP contribution in [-0.2, 0) is 47.5 Å². The van der Waals surface area contributed by atoms with E-state index in [1.807, 2.05) is 6.92 Å². The molecule has 2 aliphatic heterocycles. The molecule has 254 valence electrons. The number of rotatable bonds is 5. The summed E-state index contributed by atoms with van der Waals surface area (Å²) < 4.78 is 43.1. The van der Waals surface area contributed by atoms with Gasteiger partial charge in [-0.15, -0.1) is 0 Å². The first-order chi connectivity index (χ1) is 22.0. The fourth-order valence-corrected chi connectivity index (χ4v) is 9.25. The molecule has 1 N–H and O–H groups in total. The molecule has 2 saturated carbocycles. The van der Waals surface area contributed by atoms with Gasteiger partial charge < -0.3 is 38.3 Å². The summed E-state index contributed by atoms with van der Waals surface area (Å²) in [5, 5.41) is 13.2. The van der Waals surface area contributed by atoms with Crippen LogP contribution in [0.2, 0.25) is 0 Å². The summed E-state index contributed by atoms with van der Waals surface area (Å²) >= 11 is 5.49. The van der Waals surface area contributed by atoms with Gasteiger partial charge in [-0.3, -0.25) is 14.4 Å². The average Bonchev–Trinajstić information content (AvgIpc) is 2.97. The highest BCUT2D eigenvalue weighted by Crippen LogP contribution is 2.67. The molecular weight excluding hydrogens is 632 g/mol. The number of fused-ring (bicyclic) bond motifs is 4. The zero-order chi connectivity index (χ0) is 34.3. The molecule has 0 spiro atoms. The van der Waals surface area contributed by atoms with E-state index >= 15 is 0 Å². The predicted molar refractivity (Wildman–Crippen MR) is 166 cm³/mol. The van der Waals surface area contributed by atoms with Gasteiger partial charge in [0.25, 0.3) is 0 Å². The predicted octanol–water partition coefficient (Wildman–Crippen LogP) is 3.36. The molecule has 0 aromatic heterocycles. The van der Waals surface area contributed by atoms with Gasteiger partial charge in [-0.25, -0.2) is 4.79 Å². The number of esters is 4. The summed E-state index contributed by atoms with van der Waals surface area (Å²) in [6.45, 7) is 10.8. The fourth-order valence-electron chi connectivity index (χ4n) is 9.03. The van der Waals surface area contributed by atoms with Crippen molar-refractivity contribution in [1.29, 1.82) is 0 Å². The van der Waals surface area contributed by atoms with Gasteiger partial charge in [0.05, 0.1) is 23.5 Å². The Hall–Kier alpha value is -3.55. The summed E-state index contributed by atoms with van der Waals surface area (Å²) in [5.41, 5.74) is -4.87. The van der Waals surface area contributed by atoms with Crippen molar-refractivity contribution in [2.45, 2.75) is 109 Å². The first-order valence-electron chi connectivity index (χ1n) is 15.7. The first kappa shape index (κ1) is 33.4. The van der Waals surface area contributed by atoms with Crippen molar-refractivity contribution in [1.82, 2.24) is 0 Å². The maximum Gasteiger partial charge on any atom is 0.353 e. The normalized spacial score (nSPS) is 39.6. The Labute approximate surface area is 278 Å². The van der Waals surface area contributed by atoms with Gasteiger partial charge in [-0.05, 0) is 30.2 Å². The third-order valence-electron chi connectivity index (χ3n) is 11.1. The molecule has 0 radical (unpaired) electrons. The number of thiocarbonyl (C=S) groups is 1. The van der Waals surface area contributed by atoms with E-state index in [0.717, 1.165) is 0 Å². The Kier molecular flexibility index (Phi) is 8.00. The van der Waals surface area contributed by atoms with Crippen LogP contribution in [0.15, 0.2) is 41.5 Å². The van der Waals surface area contributed by atoms with Crippen molar-refractivity contribution in [3.63, 3.8) is 0 Å². The van der Waals surface area contributed by atoms with Crippen LogP contribution in [-0.4, -0.2) is 88.7 Å². The second kappa shape index (κ2) is 11.3. The Morgan fingerprint density at radius 3 is 2.15 bits per heavy atom. The Bertz CT molecular complexity index is 1550. The van der Waals surface area contributed by atoms with E-state index in [-0.39, 0.29) is 30.2 Å². The third-order valence-corrected chi connectivity index (χ3v) is 11.3. The summed E-state index contributed by atoms with van der Waals surface area (Å²) in [6.07, 6.45) is -6.19. The largest absolute Gasteiger partial charge is 0.458 e. The van der Waals surface area contributed by atoms with E-state index in [2.05, 4.69) is 0 Å². The molecule has 2 heterocycles. The molecule has 10 atom stereocenters. The van der Waals surface area contributed by atoms with Gasteiger partial charge in [0.15, 0.2) is 17.8 Å². The van der Waals surface area contributed by atoms with Crippen molar-refractivity contribution in [3.05, 3.63) is 47.0 Å². The molecule has 1 aromatic rings. The van der Waals surface area contributed by atoms with Crippen LogP contribution in [0.4, 0.5) is 0 Å². The van der Waals surface area contributed by atoms with E-state index in [0.29, 0.717) is 11.1 Å². The van der Waals surface area contributed by atoms with E-state index in [1.165, 1.54) is 20.8 Å². The summed E-state index contributed by atoms with van der Waals surface area (Å²) in [7, 11) is 0. The summed E-state index contributed by atoms with van der Waals surface area (Å²) in [4.78, 5) is 52.2. The molecule has 4 fully saturated rings. The van der Waals surface area contributed by atoms with Crippen LogP contribution in [0, 0.1) is 16.7 Å². The third kappa shape index (κ3) is 4.87. The SMILES string of the molecule is CC(=O)O[C@H]1C[C@@]2(O)[C@@H](OC(=O)c3ccccc3)[C@@H]3[C@]4(OC(C)=O)CO[C@@H]4C[C@@H]4OC(=S)O[C@@H]([C@H](OC(C)=O)C(=C1C)C2(C)C)[C@]43C. The maximum absolute atomic E-state index is 14.0. The summed E-state index contributed by atoms with van der Waals surface area (Å²) in [5.74, 6) is -3.66. The molecule has 5 aliphatic rings. The molecule has 3 aliphatic carbocycles. The molecular formula is C34H40O12S. The quantitative estimate of drug-likeness (QED) is 0.211. The van der Waals surface area contributed by atoms with Gasteiger partial charge in [0.1, 0.15) is 30.0 Å². The van der Waals surface area contributed by atoms with Crippen LogP contribution in [0.1, 0.15) is 71.7 Å². The maximum atomic E-state index is 14.0. The highest BCUT2D eigenvalue weighted by atomic mass is 32.1. The summed E-state index contributed by atoms with van der Waals surface area (Å²) in [6, 6.07) is 8.31. The number of hydrogen-bond donors (Lipinski definition) is 1. The zero-order valence-corrected chi connectivity index (χ0v) is 28.2. The van der Waals surface area contributed by atoms with Crippen molar-refractivity contribution < 1.29 is 57.4 Å². The monoisotopic (exact) mass is 672 g/mol. The smallest absolute Gasteiger partial charge is 0.353 e. The molecule has 13 heteroatoms. The molecule has 47 heavy (non-hydrogen) atoms. The van der Waals surface area contributed by atoms with Gasteiger partial charge >= 0.3 is 29.1 Å². The standard InChI is InChI=1S/C34H40O12S/c1-16-21(41-17(2)35)14-34(39)28(44-29(38)20-11-9-8-10-12-20)26-32(7)22(13-23-33(26,15-40-23)46-19(4)37)43-30(47)45-27(32)25(42-18(3)36)24(16)31(34,5)6/h8-12,21-23,25-28,39H,13-15H2,1-7H3/t21-,22-,23+,25+,26-,27-,28-,32+,33-,34+/m0/s1. The number of ether oxygens (including phenoxy) is 7. The molecule has 1 aromatic carbocycles. The van der Waals surface area contributed by atoms with Crippen LogP contribution in [0.5, 0.6) is 0 Å². The van der Waals surface area contributed by atoms with Gasteiger partial charge in [0.2, 0.25) is 0 Å². The van der Waals surface area contributed by atoms with Crippen molar-refractivity contribution >= 4 is 41.3 Å². The minimum atomic E-state index is -2.02. The minimum Gasteiger partial charge on any atom is -0.458 e. The number of aliphatic hydroxyl groups is 1. The topological polar surface area (TPSA) is 153 Å². The van der Waals surface area contributed by atoms with E-state index < -0.39 is 88.5 Å². The van der Waals surface area contributed by atoms with Crippen molar-refractivity contribution in [2.75, 3.05) is 6.61 Å². The van der Waals surface area contributed by atoms with E-state index in [9.17, 15) is 24.3 Å². The van der Waals surface area contributed by atoms with Gasteiger partial charge in [-0.1, -0.05) is 39.0 Å². The van der Waals surface area contributed by atoms with E-state index in [1.54, 1.807) is 51.1 Å².